The molecule has 0 radical (unpaired) electrons. The molecule has 2 aromatic rings. The maximum absolute atomic E-state index is 14.2. The Kier molecular flexibility index (Phi) is 4.73. The Morgan fingerprint density at radius 1 is 1.04 bits per heavy atom. The number of benzene rings is 2. The first-order valence-electron chi connectivity index (χ1n) is 7.86. The third-order valence-corrected chi connectivity index (χ3v) is 5.18. The van der Waals surface area contributed by atoms with E-state index in [0.717, 1.165) is 11.2 Å². The minimum Gasteiger partial charge on any atom is -0.269 e. The highest BCUT2D eigenvalue weighted by atomic mass is 32.2. The van der Waals surface area contributed by atoms with Gasteiger partial charge in [0.1, 0.15) is 5.83 Å². The van der Waals surface area contributed by atoms with Gasteiger partial charge in [0.15, 0.2) is 9.84 Å². The molecule has 1 aliphatic rings. The number of allylic oxidation sites excluding steroid dienone is 1. The molecule has 2 aromatic carbocycles. The number of sulfone groups is 1. The summed E-state index contributed by atoms with van der Waals surface area (Å²) in [5, 5.41) is 0. The molecule has 0 atom stereocenters. The highest BCUT2D eigenvalue weighted by Gasteiger charge is 2.35. The molecule has 0 saturated heterocycles. The number of amides is 2. The fourth-order valence-electron chi connectivity index (χ4n) is 2.73. The van der Waals surface area contributed by atoms with E-state index in [-0.39, 0.29) is 22.4 Å². The van der Waals surface area contributed by atoms with E-state index in [1.165, 1.54) is 30.3 Å². The van der Waals surface area contributed by atoms with Crippen LogP contribution in [0.15, 0.2) is 65.3 Å². The molecule has 3 rings (SSSR count). The van der Waals surface area contributed by atoms with E-state index in [1.807, 2.05) is 0 Å². The molecule has 0 aromatic heterocycles. The average Bonchev–Trinajstić information content (AvgIpc) is 2.85. The second-order valence-corrected chi connectivity index (χ2v) is 8.03. The van der Waals surface area contributed by atoms with Crippen LogP contribution in [-0.2, 0) is 16.3 Å². The average molecular weight is 373 g/mol. The van der Waals surface area contributed by atoms with Gasteiger partial charge in [-0.05, 0) is 42.3 Å². The Morgan fingerprint density at radius 2 is 1.65 bits per heavy atom. The van der Waals surface area contributed by atoms with Crippen molar-refractivity contribution in [3.05, 3.63) is 77.1 Å². The number of hydrogen-bond donors (Lipinski definition) is 0. The molecule has 26 heavy (non-hydrogen) atoms. The number of halogens is 1. The molecule has 0 bridgehead atoms. The van der Waals surface area contributed by atoms with E-state index in [0.29, 0.717) is 5.56 Å². The minimum absolute atomic E-state index is 0.151. The lowest BCUT2D eigenvalue weighted by atomic mass is 10.1. The van der Waals surface area contributed by atoms with E-state index < -0.39 is 34.0 Å². The number of fused-ring (bicyclic) bond motifs is 1. The molecule has 7 heteroatoms. The molecule has 0 saturated carbocycles. The quantitative estimate of drug-likeness (QED) is 0.756. The predicted molar refractivity (Wildman–Crippen MR) is 94.3 cm³/mol. The van der Waals surface area contributed by atoms with Gasteiger partial charge in [0, 0.05) is 6.26 Å². The van der Waals surface area contributed by atoms with E-state index in [4.69, 9.17) is 0 Å². The fourth-order valence-corrected chi connectivity index (χ4v) is 3.42. The Balaban J connectivity index is 1.73. The van der Waals surface area contributed by atoms with Crippen LogP contribution in [0.2, 0.25) is 0 Å². The molecule has 2 amide bonds. The van der Waals surface area contributed by atoms with Crippen molar-refractivity contribution in [2.75, 3.05) is 12.8 Å². The first-order chi connectivity index (χ1) is 12.3. The maximum atomic E-state index is 14.2. The van der Waals surface area contributed by atoms with Crippen LogP contribution >= 0.6 is 0 Å². The van der Waals surface area contributed by atoms with Crippen molar-refractivity contribution in [2.45, 2.75) is 11.3 Å². The second-order valence-electron chi connectivity index (χ2n) is 6.02. The summed E-state index contributed by atoms with van der Waals surface area (Å²) in [7, 11) is -3.34. The molecule has 1 aliphatic heterocycles. The monoisotopic (exact) mass is 373 g/mol. The number of imide groups is 1. The maximum Gasteiger partial charge on any atom is 0.261 e. The van der Waals surface area contributed by atoms with Crippen LogP contribution in [0.4, 0.5) is 4.39 Å². The van der Waals surface area contributed by atoms with E-state index in [9.17, 15) is 22.4 Å². The topological polar surface area (TPSA) is 71.5 Å². The van der Waals surface area contributed by atoms with Crippen molar-refractivity contribution >= 4 is 21.7 Å². The van der Waals surface area contributed by atoms with Gasteiger partial charge in [-0.15, -0.1) is 0 Å². The Bertz CT molecular complexity index is 992. The summed E-state index contributed by atoms with van der Waals surface area (Å²) in [6.07, 6.45) is 2.49. The molecule has 1 heterocycles. The van der Waals surface area contributed by atoms with Crippen molar-refractivity contribution in [1.82, 2.24) is 4.90 Å². The zero-order chi connectivity index (χ0) is 18.9. The van der Waals surface area contributed by atoms with Crippen molar-refractivity contribution in [1.29, 1.82) is 0 Å². The largest absolute Gasteiger partial charge is 0.269 e. The van der Waals surface area contributed by atoms with Gasteiger partial charge in [-0.2, -0.15) is 0 Å². The van der Waals surface area contributed by atoms with Gasteiger partial charge in [0.2, 0.25) is 0 Å². The molecule has 0 unspecified atom stereocenters. The highest BCUT2D eigenvalue weighted by molar-refractivity contribution is 7.90. The predicted octanol–water partition coefficient (Wildman–Crippen LogP) is 2.78. The van der Waals surface area contributed by atoms with Crippen molar-refractivity contribution < 1.29 is 22.4 Å². The van der Waals surface area contributed by atoms with Gasteiger partial charge >= 0.3 is 0 Å². The van der Waals surface area contributed by atoms with Crippen molar-refractivity contribution in [3.8, 4) is 0 Å². The number of carbonyl (C=O) groups is 2. The summed E-state index contributed by atoms with van der Waals surface area (Å²) < 4.78 is 37.4. The standard InChI is InChI=1S/C19H16FNO4S/c1-26(24,25)15-6-4-5-13(11-15)9-10-14(20)12-21-18(22)16-7-2-3-8-17(16)19(21)23/h2-8,10-11H,9,12H2,1H3. The third-order valence-electron chi connectivity index (χ3n) is 4.07. The first-order valence-corrected chi connectivity index (χ1v) is 9.75. The van der Waals surface area contributed by atoms with Crippen LogP contribution in [0.1, 0.15) is 26.3 Å². The van der Waals surface area contributed by atoms with E-state index in [2.05, 4.69) is 0 Å². The molecule has 0 N–H and O–H groups in total. The van der Waals surface area contributed by atoms with Gasteiger partial charge in [-0.25, -0.2) is 12.8 Å². The summed E-state index contributed by atoms with van der Waals surface area (Å²) in [6, 6.07) is 12.6. The number of hydrogen-bond acceptors (Lipinski definition) is 4. The summed E-state index contributed by atoms with van der Waals surface area (Å²) in [4.78, 5) is 25.5. The molecule has 5 nitrogen and oxygen atoms in total. The Morgan fingerprint density at radius 3 is 2.23 bits per heavy atom. The van der Waals surface area contributed by atoms with Crippen LogP contribution < -0.4 is 0 Å². The zero-order valence-corrected chi connectivity index (χ0v) is 14.8. The smallest absolute Gasteiger partial charge is 0.261 e. The molecule has 0 fully saturated rings. The van der Waals surface area contributed by atoms with Crippen LogP contribution in [-0.4, -0.2) is 37.9 Å². The van der Waals surface area contributed by atoms with Crippen LogP contribution in [0.5, 0.6) is 0 Å². The molecule has 0 aliphatic carbocycles. The first kappa shape index (κ1) is 18.0. The number of nitrogens with zero attached hydrogens (tertiary/aromatic N) is 1. The van der Waals surface area contributed by atoms with E-state index in [1.54, 1.807) is 24.3 Å². The molecular weight excluding hydrogens is 357 g/mol. The molecule has 0 spiro atoms. The van der Waals surface area contributed by atoms with Crippen molar-refractivity contribution in [2.24, 2.45) is 0 Å². The number of rotatable bonds is 5. The van der Waals surface area contributed by atoms with Crippen LogP contribution in [0, 0.1) is 0 Å². The Hall–Kier alpha value is -2.80. The van der Waals surface area contributed by atoms with Crippen LogP contribution in [0.3, 0.4) is 0 Å². The third kappa shape index (κ3) is 3.57. The SMILES string of the molecule is CS(=O)(=O)c1cccc(CC=C(F)CN2C(=O)c3ccccc3C2=O)c1. The molecular formula is C19H16FNO4S. The lowest BCUT2D eigenvalue weighted by molar-refractivity contribution is 0.0660. The lowest BCUT2D eigenvalue weighted by Crippen LogP contribution is -2.31. The summed E-state index contributed by atoms with van der Waals surface area (Å²) in [5.41, 5.74) is 1.16. The zero-order valence-electron chi connectivity index (χ0n) is 14.0. The van der Waals surface area contributed by atoms with E-state index >= 15 is 0 Å². The normalized spacial score (nSPS) is 14.7. The summed E-state index contributed by atoms with van der Waals surface area (Å²) in [6.45, 7) is -0.446. The number of carbonyl (C=O) groups excluding carboxylic acids is 2. The molecule has 134 valence electrons. The fraction of sp³-hybridized carbons (Fsp3) is 0.158. The second kappa shape index (κ2) is 6.84. The summed E-state index contributed by atoms with van der Waals surface area (Å²) >= 11 is 0. The van der Waals surface area contributed by atoms with Gasteiger partial charge in [-0.3, -0.25) is 14.5 Å². The van der Waals surface area contributed by atoms with Crippen LogP contribution in [0.25, 0.3) is 0 Å². The van der Waals surface area contributed by atoms with Gasteiger partial charge in [0.05, 0.1) is 22.6 Å². The Labute approximate surface area is 150 Å². The lowest BCUT2D eigenvalue weighted by Gasteiger charge is -2.12. The summed E-state index contributed by atoms with van der Waals surface area (Å²) in [5.74, 6) is -1.68. The minimum atomic E-state index is -3.34. The van der Waals surface area contributed by atoms with Gasteiger partial charge in [-0.1, -0.05) is 24.3 Å². The van der Waals surface area contributed by atoms with Gasteiger partial charge in [0.25, 0.3) is 11.8 Å². The van der Waals surface area contributed by atoms with Crippen molar-refractivity contribution in [3.63, 3.8) is 0 Å². The van der Waals surface area contributed by atoms with Gasteiger partial charge < -0.3 is 0 Å². The highest BCUT2D eigenvalue weighted by Crippen LogP contribution is 2.23.